The van der Waals surface area contributed by atoms with Gasteiger partial charge in [-0.05, 0) is 48.7 Å². The summed E-state index contributed by atoms with van der Waals surface area (Å²) in [5, 5.41) is 13.9. The number of benzene rings is 2. The van der Waals surface area contributed by atoms with Gasteiger partial charge in [-0.25, -0.2) is 4.39 Å². The van der Waals surface area contributed by atoms with Crippen molar-refractivity contribution in [2.75, 3.05) is 6.54 Å². The molecule has 2 N–H and O–H groups in total. The van der Waals surface area contributed by atoms with E-state index in [9.17, 15) is 14.3 Å². The molecule has 0 fully saturated rings. The molecule has 5 heteroatoms. The van der Waals surface area contributed by atoms with Gasteiger partial charge in [0.05, 0.1) is 6.54 Å². The zero-order chi connectivity index (χ0) is 17.7. The van der Waals surface area contributed by atoms with Gasteiger partial charge in [0.25, 0.3) is 0 Å². The highest BCUT2D eigenvalue weighted by Crippen LogP contribution is 2.20. The third-order valence-corrected chi connectivity index (χ3v) is 4.23. The first-order valence-corrected chi connectivity index (χ1v) is 8.16. The van der Waals surface area contributed by atoms with Gasteiger partial charge in [-0.3, -0.25) is 4.79 Å². The van der Waals surface area contributed by atoms with E-state index in [1.165, 1.54) is 24.3 Å². The van der Waals surface area contributed by atoms with Gasteiger partial charge >= 0.3 is 0 Å². The fraction of sp³-hybridized carbons (Fsp3) is 0.316. The van der Waals surface area contributed by atoms with Crippen LogP contribution in [-0.2, 0) is 16.8 Å². The Morgan fingerprint density at radius 2 is 1.79 bits per heavy atom. The van der Waals surface area contributed by atoms with Crippen molar-refractivity contribution in [1.29, 1.82) is 0 Å². The lowest BCUT2D eigenvalue weighted by molar-refractivity contribution is -0.125. The average Bonchev–Trinajstić information content (AvgIpc) is 2.55. The van der Waals surface area contributed by atoms with Crippen molar-refractivity contribution in [2.45, 2.75) is 25.9 Å². The number of rotatable bonds is 6. The number of hydrogen-bond acceptors (Lipinski definition) is 2. The summed E-state index contributed by atoms with van der Waals surface area (Å²) in [5.41, 5.74) is 0.311. The summed E-state index contributed by atoms with van der Waals surface area (Å²) in [6.45, 7) is 3.48. The first-order valence-electron chi connectivity index (χ1n) is 7.78. The van der Waals surface area contributed by atoms with E-state index in [4.69, 9.17) is 11.6 Å². The molecule has 0 aromatic heterocycles. The van der Waals surface area contributed by atoms with Crippen molar-refractivity contribution in [3.05, 3.63) is 70.5 Å². The molecule has 0 saturated carbocycles. The smallest absolute Gasteiger partial charge is 0.223 e. The van der Waals surface area contributed by atoms with Crippen LogP contribution in [0.1, 0.15) is 25.0 Å². The minimum atomic E-state index is -1.26. The van der Waals surface area contributed by atoms with E-state index in [1.807, 2.05) is 19.1 Å². The summed E-state index contributed by atoms with van der Waals surface area (Å²) < 4.78 is 13.0. The summed E-state index contributed by atoms with van der Waals surface area (Å²) in [4.78, 5) is 12.2. The molecule has 2 aromatic rings. The Kier molecular flexibility index (Phi) is 5.97. The lowest BCUT2D eigenvalue weighted by atomic mass is 9.95. The highest BCUT2D eigenvalue weighted by Gasteiger charge is 2.25. The maximum Gasteiger partial charge on any atom is 0.223 e. The van der Waals surface area contributed by atoms with Crippen molar-refractivity contribution in [2.24, 2.45) is 5.92 Å². The Balaban J connectivity index is 1.91. The molecule has 2 rings (SSSR count). The number of halogens is 2. The van der Waals surface area contributed by atoms with E-state index >= 15 is 0 Å². The molecule has 0 aliphatic carbocycles. The van der Waals surface area contributed by atoms with Gasteiger partial charge in [-0.2, -0.15) is 0 Å². The molecule has 0 heterocycles. The summed E-state index contributed by atoms with van der Waals surface area (Å²) in [7, 11) is 0. The van der Waals surface area contributed by atoms with E-state index in [1.54, 1.807) is 19.1 Å². The number of carbonyl (C=O) groups is 1. The van der Waals surface area contributed by atoms with Crippen molar-refractivity contribution >= 4 is 17.5 Å². The summed E-state index contributed by atoms with van der Waals surface area (Å²) >= 11 is 5.85. The van der Waals surface area contributed by atoms with E-state index in [2.05, 4.69) is 5.32 Å². The van der Waals surface area contributed by atoms with E-state index < -0.39 is 5.60 Å². The lowest BCUT2D eigenvalue weighted by Crippen LogP contribution is -2.41. The van der Waals surface area contributed by atoms with Crippen LogP contribution in [0.2, 0.25) is 5.02 Å². The fourth-order valence-electron chi connectivity index (χ4n) is 2.41. The molecule has 3 nitrogen and oxygen atoms in total. The van der Waals surface area contributed by atoms with Gasteiger partial charge < -0.3 is 10.4 Å². The van der Waals surface area contributed by atoms with Crippen LogP contribution in [0.3, 0.4) is 0 Å². The largest absolute Gasteiger partial charge is 0.384 e. The molecule has 128 valence electrons. The fourth-order valence-corrected chi connectivity index (χ4v) is 2.54. The normalized spacial score (nSPS) is 14.7. The minimum absolute atomic E-state index is 0.0580. The summed E-state index contributed by atoms with van der Waals surface area (Å²) in [5.74, 6) is -0.752. The third-order valence-electron chi connectivity index (χ3n) is 3.98. The molecule has 0 aliphatic rings. The highest BCUT2D eigenvalue weighted by molar-refractivity contribution is 6.30. The molecular formula is C19H21ClFNO2. The van der Waals surface area contributed by atoms with Crippen molar-refractivity contribution in [3.63, 3.8) is 0 Å². The Morgan fingerprint density at radius 3 is 2.38 bits per heavy atom. The van der Waals surface area contributed by atoms with Crippen molar-refractivity contribution in [3.8, 4) is 0 Å². The standard InChI is InChI=1S/C19H21ClFNO2/c1-13(11-14-3-7-16(20)8-4-14)18(23)22-12-19(2,24)15-5-9-17(21)10-6-15/h3-10,13,24H,11-12H2,1-2H3,(H,22,23). The number of hydrogen-bond donors (Lipinski definition) is 2. The molecule has 0 spiro atoms. The SMILES string of the molecule is CC(Cc1ccc(Cl)cc1)C(=O)NCC(C)(O)c1ccc(F)cc1. The van der Waals surface area contributed by atoms with Gasteiger partial charge in [-0.15, -0.1) is 0 Å². The van der Waals surface area contributed by atoms with Crippen molar-refractivity contribution in [1.82, 2.24) is 5.32 Å². The minimum Gasteiger partial charge on any atom is -0.384 e. The predicted molar refractivity (Wildman–Crippen MR) is 93.3 cm³/mol. The van der Waals surface area contributed by atoms with Crippen LogP contribution in [0.5, 0.6) is 0 Å². The first kappa shape index (κ1) is 18.4. The van der Waals surface area contributed by atoms with Crippen LogP contribution >= 0.6 is 11.6 Å². The Morgan fingerprint density at radius 1 is 1.21 bits per heavy atom. The first-order chi connectivity index (χ1) is 11.3. The van der Waals surface area contributed by atoms with E-state index in [0.29, 0.717) is 17.0 Å². The molecule has 1 amide bonds. The molecule has 24 heavy (non-hydrogen) atoms. The number of aliphatic hydroxyl groups is 1. The summed E-state index contributed by atoms with van der Waals surface area (Å²) in [6, 6.07) is 13.0. The van der Waals surface area contributed by atoms with Crippen LogP contribution < -0.4 is 5.32 Å². The molecule has 0 bridgehead atoms. The Labute approximate surface area is 146 Å². The predicted octanol–water partition coefficient (Wildman–Crippen LogP) is 3.68. The maximum atomic E-state index is 13.0. The van der Waals surface area contributed by atoms with Crippen LogP contribution in [0.4, 0.5) is 4.39 Å². The third kappa shape index (κ3) is 5.05. The van der Waals surface area contributed by atoms with E-state index in [-0.39, 0.29) is 24.2 Å². The van der Waals surface area contributed by atoms with Crippen molar-refractivity contribution < 1.29 is 14.3 Å². The Hall–Kier alpha value is -1.91. The van der Waals surface area contributed by atoms with Gasteiger partial charge in [0.15, 0.2) is 0 Å². The van der Waals surface area contributed by atoms with Gasteiger partial charge in [0.1, 0.15) is 11.4 Å². The second kappa shape index (κ2) is 7.77. The maximum absolute atomic E-state index is 13.0. The van der Waals surface area contributed by atoms with Crippen LogP contribution in [0.25, 0.3) is 0 Å². The topological polar surface area (TPSA) is 49.3 Å². The van der Waals surface area contributed by atoms with E-state index in [0.717, 1.165) is 5.56 Å². The lowest BCUT2D eigenvalue weighted by Gasteiger charge is -2.25. The zero-order valence-electron chi connectivity index (χ0n) is 13.7. The summed E-state index contributed by atoms with van der Waals surface area (Å²) in [6.07, 6.45) is 0.585. The number of carbonyl (C=O) groups excluding carboxylic acids is 1. The van der Waals surface area contributed by atoms with Gasteiger partial charge in [-0.1, -0.05) is 42.8 Å². The monoisotopic (exact) mass is 349 g/mol. The molecule has 2 aromatic carbocycles. The molecule has 0 aliphatic heterocycles. The molecule has 0 radical (unpaired) electrons. The van der Waals surface area contributed by atoms with Gasteiger partial charge in [0, 0.05) is 10.9 Å². The number of amides is 1. The number of nitrogens with one attached hydrogen (secondary N) is 1. The zero-order valence-corrected chi connectivity index (χ0v) is 14.5. The molecular weight excluding hydrogens is 329 g/mol. The quantitative estimate of drug-likeness (QED) is 0.835. The molecule has 2 atom stereocenters. The molecule has 2 unspecified atom stereocenters. The van der Waals surface area contributed by atoms with Crippen LogP contribution in [0, 0.1) is 11.7 Å². The Bertz CT molecular complexity index is 684. The average molecular weight is 350 g/mol. The van der Waals surface area contributed by atoms with Crippen LogP contribution in [0.15, 0.2) is 48.5 Å². The highest BCUT2D eigenvalue weighted by atomic mass is 35.5. The second-order valence-corrected chi connectivity index (χ2v) is 6.67. The second-order valence-electron chi connectivity index (χ2n) is 6.23. The van der Waals surface area contributed by atoms with Crippen LogP contribution in [-0.4, -0.2) is 17.6 Å². The molecule has 0 saturated heterocycles. The van der Waals surface area contributed by atoms with Gasteiger partial charge in [0.2, 0.25) is 5.91 Å².